The van der Waals surface area contributed by atoms with E-state index in [1.165, 1.54) is 9.80 Å². The number of nitriles is 1. The molecule has 0 spiro atoms. The lowest BCUT2D eigenvalue weighted by Crippen LogP contribution is -2.71. The molecule has 3 atom stereocenters. The minimum Gasteiger partial charge on any atom is -0.348 e. The number of halogens is 1. The van der Waals surface area contributed by atoms with Crippen molar-refractivity contribution in [3.8, 4) is 17.2 Å². The second-order valence-corrected chi connectivity index (χ2v) is 7.80. The molecular weight excluding hydrogens is 383 g/mol. The van der Waals surface area contributed by atoms with Gasteiger partial charge >= 0.3 is 0 Å². The Morgan fingerprint density at radius 3 is 2.47 bits per heavy atom. The van der Waals surface area contributed by atoms with Crippen LogP contribution in [0, 0.1) is 11.3 Å². The maximum Gasteiger partial charge on any atom is 0.282 e. The van der Waals surface area contributed by atoms with Gasteiger partial charge in [-0.2, -0.15) is 5.26 Å². The highest BCUT2D eigenvalue weighted by molar-refractivity contribution is 5.92. The molecule has 1 fully saturated rings. The summed E-state index contributed by atoms with van der Waals surface area (Å²) < 4.78 is 13.6. The van der Waals surface area contributed by atoms with Crippen LogP contribution in [0.25, 0.3) is 11.1 Å². The SMILES string of the molecule is CN(C)C(=O)[C@@H](c1ccc(-c2cccc(C#N)c2)cc1)[C@H]([NH3+])C(=O)N1CC[C@H](F)C1. The number of benzene rings is 2. The molecule has 1 aliphatic rings. The van der Waals surface area contributed by atoms with Gasteiger partial charge in [0.05, 0.1) is 18.2 Å². The Hall–Kier alpha value is -3.24. The number of alkyl halides is 1. The van der Waals surface area contributed by atoms with Crippen LogP contribution in [0.4, 0.5) is 4.39 Å². The van der Waals surface area contributed by atoms with Gasteiger partial charge in [0.15, 0.2) is 6.04 Å². The first-order valence-corrected chi connectivity index (χ1v) is 9.89. The van der Waals surface area contributed by atoms with Gasteiger partial charge < -0.3 is 15.5 Å². The highest BCUT2D eigenvalue weighted by Crippen LogP contribution is 2.27. The van der Waals surface area contributed by atoms with E-state index in [-0.39, 0.29) is 18.4 Å². The van der Waals surface area contributed by atoms with Crippen molar-refractivity contribution in [2.24, 2.45) is 0 Å². The lowest BCUT2D eigenvalue weighted by molar-refractivity contribution is -0.409. The van der Waals surface area contributed by atoms with Gasteiger partial charge in [-0.3, -0.25) is 9.59 Å². The van der Waals surface area contributed by atoms with Crippen molar-refractivity contribution in [1.29, 1.82) is 5.26 Å². The second kappa shape index (κ2) is 9.06. The zero-order chi connectivity index (χ0) is 21.8. The predicted octanol–water partition coefficient (Wildman–Crippen LogP) is 1.58. The van der Waals surface area contributed by atoms with Gasteiger partial charge in [0.2, 0.25) is 5.91 Å². The number of amides is 2. The molecule has 3 rings (SSSR count). The fourth-order valence-electron chi connectivity index (χ4n) is 3.77. The van der Waals surface area contributed by atoms with Gasteiger partial charge in [0.1, 0.15) is 12.1 Å². The van der Waals surface area contributed by atoms with E-state index >= 15 is 0 Å². The van der Waals surface area contributed by atoms with Crippen molar-refractivity contribution in [3.05, 3.63) is 59.7 Å². The van der Waals surface area contributed by atoms with Gasteiger partial charge in [-0.1, -0.05) is 36.4 Å². The number of carbonyl (C=O) groups excluding carboxylic acids is 2. The third kappa shape index (κ3) is 4.50. The Labute approximate surface area is 175 Å². The number of carbonyl (C=O) groups is 2. The van der Waals surface area contributed by atoms with E-state index in [4.69, 9.17) is 5.26 Å². The van der Waals surface area contributed by atoms with E-state index in [2.05, 4.69) is 11.8 Å². The first kappa shape index (κ1) is 21.5. The molecule has 1 heterocycles. The largest absolute Gasteiger partial charge is 0.348 e. The molecule has 1 saturated heterocycles. The van der Waals surface area contributed by atoms with E-state index in [0.29, 0.717) is 24.1 Å². The van der Waals surface area contributed by atoms with Gasteiger partial charge in [0, 0.05) is 20.6 Å². The summed E-state index contributed by atoms with van der Waals surface area (Å²) >= 11 is 0. The van der Waals surface area contributed by atoms with Crippen molar-refractivity contribution >= 4 is 11.8 Å². The van der Waals surface area contributed by atoms with Gasteiger partial charge in [-0.05, 0) is 35.2 Å². The highest BCUT2D eigenvalue weighted by atomic mass is 19.1. The first-order chi connectivity index (χ1) is 14.3. The molecule has 0 aromatic heterocycles. The van der Waals surface area contributed by atoms with E-state index in [9.17, 15) is 14.0 Å². The van der Waals surface area contributed by atoms with Crippen molar-refractivity contribution < 1.29 is 19.7 Å². The lowest BCUT2D eigenvalue weighted by Gasteiger charge is -2.26. The Kier molecular flexibility index (Phi) is 6.48. The Balaban J connectivity index is 1.89. The minimum atomic E-state index is -1.02. The molecule has 156 valence electrons. The molecule has 6 nitrogen and oxygen atoms in total. The van der Waals surface area contributed by atoms with E-state index < -0.39 is 18.1 Å². The number of likely N-dealkylation sites (tertiary alicyclic amines) is 1. The lowest BCUT2D eigenvalue weighted by atomic mass is 9.88. The van der Waals surface area contributed by atoms with Crippen LogP contribution >= 0.6 is 0 Å². The van der Waals surface area contributed by atoms with Crippen LogP contribution in [0.15, 0.2) is 48.5 Å². The third-order valence-electron chi connectivity index (χ3n) is 5.46. The molecule has 0 aliphatic carbocycles. The van der Waals surface area contributed by atoms with Crippen LogP contribution in [-0.4, -0.2) is 61.0 Å². The van der Waals surface area contributed by atoms with Crippen LogP contribution < -0.4 is 5.73 Å². The van der Waals surface area contributed by atoms with Crippen molar-refractivity contribution in [2.45, 2.75) is 24.6 Å². The van der Waals surface area contributed by atoms with E-state index in [1.54, 1.807) is 26.2 Å². The van der Waals surface area contributed by atoms with Crippen LogP contribution in [0.2, 0.25) is 0 Å². The van der Waals surface area contributed by atoms with E-state index in [1.807, 2.05) is 36.4 Å². The topological polar surface area (TPSA) is 92.0 Å². The fraction of sp³-hybridized carbons (Fsp3) is 0.348. The van der Waals surface area contributed by atoms with E-state index in [0.717, 1.165) is 11.1 Å². The molecule has 2 amide bonds. The summed E-state index contributed by atoms with van der Waals surface area (Å²) in [5.41, 5.74) is 7.03. The van der Waals surface area contributed by atoms with Gasteiger partial charge in [-0.15, -0.1) is 0 Å². The Bertz CT molecular complexity index is 968. The molecule has 1 aliphatic heterocycles. The Morgan fingerprint density at radius 2 is 1.90 bits per heavy atom. The average Bonchev–Trinajstić information content (AvgIpc) is 3.19. The standard InChI is InChI=1S/C23H25FN4O2/c1-27(2)22(29)20(21(26)23(30)28-11-10-19(24)14-28)17-8-6-16(7-9-17)18-5-3-4-15(12-18)13-25/h3-9,12,19-21H,10-11,14,26H2,1-2H3/p+1/t19-,20-,21-/m0/s1. The van der Waals surface area contributed by atoms with Crippen molar-refractivity contribution in [1.82, 2.24) is 9.80 Å². The van der Waals surface area contributed by atoms with Crippen molar-refractivity contribution in [2.75, 3.05) is 27.2 Å². The number of nitrogens with zero attached hydrogens (tertiary/aromatic N) is 3. The smallest absolute Gasteiger partial charge is 0.282 e. The molecule has 0 unspecified atom stereocenters. The second-order valence-electron chi connectivity index (χ2n) is 7.80. The van der Waals surface area contributed by atoms with Crippen LogP contribution in [0.3, 0.4) is 0 Å². The summed E-state index contributed by atoms with van der Waals surface area (Å²) in [5, 5.41) is 9.10. The predicted molar refractivity (Wildman–Crippen MR) is 111 cm³/mol. The first-order valence-electron chi connectivity index (χ1n) is 9.89. The molecule has 0 bridgehead atoms. The normalized spacial score (nSPS) is 17.8. The molecule has 0 saturated carbocycles. The summed E-state index contributed by atoms with van der Waals surface area (Å²) in [7, 11) is 3.28. The highest BCUT2D eigenvalue weighted by Gasteiger charge is 2.40. The molecule has 0 radical (unpaired) electrons. The maximum absolute atomic E-state index is 13.6. The molecule has 2 aromatic carbocycles. The monoisotopic (exact) mass is 409 g/mol. The third-order valence-corrected chi connectivity index (χ3v) is 5.46. The molecule has 2 aromatic rings. The summed E-state index contributed by atoms with van der Waals surface area (Å²) in [5.74, 6) is -1.29. The molecule has 7 heteroatoms. The van der Waals surface area contributed by atoms with Gasteiger partial charge in [0.25, 0.3) is 5.91 Å². The molecular formula is C23H26FN4O2+. The minimum absolute atomic E-state index is 0.0574. The number of rotatable bonds is 5. The van der Waals surface area contributed by atoms with Crippen LogP contribution in [-0.2, 0) is 9.59 Å². The quantitative estimate of drug-likeness (QED) is 0.813. The molecule has 30 heavy (non-hydrogen) atoms. The fourth-order valence-corrected chi connectivity index (χ4v) is 3.77. The zero-order valence-electron chi connectivity index (χ0n) is 17.2. The summed E-state index contributed by atoms with van der Waals surface area (Å²) in [6.07, 6.45) is -0.700. The number of hydrogen-bond donors (Lipinski definition) is 1. The summed E-state index contributed by atoms with van der Waals surface area (Å²) in [6, 6.07) is 15.9. The summed E-state index contributed by atoms with van der Waals surface area (Å²) in [6.45, 7) is 0.408. The summed E-state index contributed by atoms with van der Waals surface area (Å²) in [4.78, 5) is 28.7. The molecule has 3 N–H and O–H groups in total. The van der Waals surface area contributed by atoms with Crippen LogP contribution in [0.5, 0.6) is 0 Å². The zero-order valence-corrected chi connectivity index (χ0v) is 17.2. The number of quaternary nitrogens is 1. The average molecular weight is 409 g/mol. The van der Waals surface area contributed by atoms with Crippen molar-refractivity contribution in [3.63, 3.8) is 0 Å². The number of likely N-dealkylation sites (N-methyl/N-ethyl adjacent to an activating group) is 1. The Morgan fingerprint density at radius 1 is 1.20 bits per heavy atom. The maximum atomic E-state index is 13.6. The van der Waals surface area contributed by atoms with Gasteiger partial charge in [-0.25, -0.2) is 4.39 Å². The van der Waals surface area contributed by atoms with Crippen LogP contribution in [0.1, 0.15) is 23.5 Å². The number of hydrogen-bond acceptors (Lipinski definition) is 3.